The number of methoxy groups -OCH3 is 2. The van der Waals surface area contributed by atoms with Gasteiger partial charge in [-0.3, -0.25) is 24.0 Å². The smallest absolute Gasteiger partial charge is 0.339 e. The number of aromatic nitrogens is 2. The molecule has 5 amide bonds. The largest absolute Gasteiger partial charge is 0.508 e. The summed E-state index contributed by atoms with van der Waals surface area (Å²) in [6.07, 6.45) is 3.59. The number of hydrogen-bond donors (Lipinski definition) is 9. The second-order valence-electron chi connectivity index (χ2n) is 12.9. The van der Waals surface area contributed by atoms with Crippen LogP contribution in [0, 0.1) is 11.3 Å². The third-order valence-electron chi connectivity index (χ3n) is 8.71. The minimum absolute atomic E-state index is 0.0649. The van der Waals surface area contributed by atoms with Gasteiger partial charge < -0.3 is 56.5 Å². The maximum atomic E-state index is 13.1. The first-order valence-corrected chi connectivity index (χ1v) is 18.0. The molecule has 5 rings (SSSR count). The Balaban J connectivity index is 1.18. The van der Waals surface area contributed by atoms with Crippen LogP contribution in [0.1, 0.15) is 60.6 Å². The Hall–Kier alpha value is -8.99. The molecule has 0 radical (unpaired) electrons. The lowest BCUT2D eigenvalue weighted by molar-refractivity contribution is -0.118. The van der Waals surface area contributed by atoms with Crippen molar-refractivity contribution < 1.29 is 58.7 Å². The molecule has 2 aromatic heterocycles. The molecule has 0 saturated carbocycles. The number of rotatable bonds is 15. The number of aromatic hydroxyl groups is 3. The van der Waals surface area contributed by atoms with E-state index in [1.165, 1.54) is 61.8 Å². The van der Waals surface area contributed by atoms with Crippen LogP contribution in [0.25, 0.3) is 6.08 Å². The van der Waals surface area contributed by atoms with E-state index in [2.05, 4.69) is 36.6 Å². The fourth-order valence-electron chi connectivity index (χ4n) is 5.57. The van der Waals surface area contributed by atoms with Crippen molar-refractivity contribution in [2.75, 3.05) is 35.5 Å². The normalized spacial score (nSPS) is 11.2. The van der Waals surface area contributed by atoms with Crippen LogP contribution in [0.5, 0.6) is 28.7 Å². The van der Waals surface area contributed by atoms with Gasteiger partial charge in [-0.15, -0.1) is 0 Å². The molecule has 5 aromatic rings. The van der Waals surface area contributed by atoms with Crippen molar-refractivity contribution in [1.29, 1.82) is 5.26 Å². The maximum Gasteiger partial charge on any atom is 0.339 e. The van der Waals surface area contributed by atoms with Crippen molar-refractivity contribution in [2.24, 2.45) is 0 Å². The topological polar surface area (TPSA) is 312 Å². The van der Waals surface area contributed by atoms with E-state index in [4.69, 9.17) is 9.47 Å². The average Bonchev–Trinajstić information content (AvgIpc) is 3.24. The molecular weight excluding hydrogens is 809 g/mol. The summed E-state index contributed by atoms with van der Waals surface area (Å²) >= 11 is 0. The number of amides is 5. The van der Waals surface area contributed by atoms with Crippen molar-refractivity contribution in [1.82, 2.24) is 15.3 Å². The maximum absolute atomic E-state index is 13.1. The number of carbonyl (C=O) groups excluding carboxylic acids is 5. The second kappa shape index (κ2) is 19.6. The van der Waals surface area contributed by atoms with Crippen LogP contribution in [0.2, 0.25) is 0 Å². The standard InChI is InChI=1S/C42H36N8O12/c1-21(18-22-4-8-25(51)9-5-22)37(54)46-23-6-12-31(44-19-23)40(57)50-32(16-17-43)41(58)47-24-7-13-30(45-20-24)39(56)49-29-14-10-26(33(52)35(29)61-2)38(55)48-28-15-11-27(42(59)60)34(53)36(28)62-3/h4-15,18-20,32,51-53H,16H2,1-3H3,(H,46,54)(H,47,58)(H,48,55)(H,49,56)(H,50,57)(H,59,60)/b21-18+/t32-/m0/s1. The number of pyridine rings is 2. The van der Waals surface area contributed by atoms with Gasteiger partial charge in [0.2, 0.25) is 5.91 Å². The quantitative estimate of drug-likeness (QED) is 0.0655. The Bertz CT molecular complexity index is 2630. The molecule has 20 heteroatoms. The first kappa shape index (κ1) is 44.1. The highest BCUT2D eigenvalue weighted by atomic mass is 16.5. The number of phenolic OH excluding ortho intramolecular Hbond substituents is 2. The minimum Gasteiger partial charge on any atom is -0.508 e. The number of phenols is 3. The first-order valence-electron chi connectivity index (χ1n) is 18.0. The van der Waals surface area contributed by atoms with Gasteiger partial charge in [-0.05, 0) is 79.2 Å². The Labute approximate surface area is 351 Å². The SMILES string of the molecule is COc1c(NC(=O)c2ccc(NC(=O)c3ccc(NC(=O)[C@H](CC#N)NC(=O)c4ccc(NC(=O)/C(C)=C/c5ccc(O)cc5)cn4)cn3)c(OC)c2O)ccc(C(=O)O)c1O. The van der Waals surface area contributed by atoms with Crippen LogP contribution >= 0.6 is 0 Å². The molecule has 0 saturated heterocycles. The highest BCUT2D eigenvalue weighted by Gasteiger charge is 2.25. The lowest BCUT2D eigenvalue weighted by Gasteiger charge is -2.16. The van der Waals surface area contributed by atoms with Crippen molar-refractivity contribution in [3.8, 4) is 34.8 Å². The van der Waals surface area contributed by atoms with E-state index in [0.717, 1.165) is 25.4 Å². The van der Waals surface area contributed by atoms with Crippen molar-refractivity contribution in [2.45, 2.75) is 19.4 Å². The predicted molar refractivity (Wildman–Crippen MR) is 221 cm³/mol. The van der Waals surface area contributed by atoms with E-state index in [-0.39, 0.29) is 56.9 Å². The van der Waals surface area contributed by atoms with Gasteiger partial charge >= 0.3 is 5.97 Å². The summed E-state index contributed by atoms with van der Waals surface area (Å²) in [5, 5.41) is 61.7. The van der Waals surface area contributed by atoms with Crippen molar-refractivity contribution in [3.63, 3.8) is 0 Å². The van der Waals surface area contributed by atoms with Gasteiger partial charge in [-0.25, -0.2) is 14.8 Å². The molecule has 2 heterocycles. The molecule has 0 unspecified atom stereocenters. The van der Waals surface area contributed by atoms with Gasteiger partial charge in [0, 0.05) is 5.57 Å². The molecule has 0 bridgehead atoms. The summed E-state index contributed by atoms with van der Waals surface area (Å²) in [6, 6.07) is 16.7. The second-order valence-corrected chi connectivity index (χ2v) is 12.9. The minimum atomic E-state index is -1.43. The van der Waals surface area contributed by atoms with E-state index in [1.807, 2.05) is 6.07 Å². The zero-order valence-electron chi connectivity index (χ0n) is 32.8. The number of carboxylic acids is 1. The predicted octanol–water partition coefficient (Wildman–Crippen LogP) is 4.51. The number of ether oxygens (including phenoxy) is 2. The number of benzene rings is 3. The lowest BCUT2D eigenvalue weighted by atomic mass is 10.1. The number of carbonyl (C=O) groups is 6. The fourth-order valence-corrected chi connectivity index (χ4v) is 5.57. The van der Waals surface area contributed by atoms with E-state index in [9.17, 15) is 54.5 Å². The number of nitrogens with one attached hydrogen (secondary N) is 5. The Morgan fingerprint density at radius 3 is 1.76 bits per heavy atom. The van der Waals surface area contributed by atoms with E-state index < -0.39 is 65.0 Å². The monoisotopic (exact) mass is 844 g/mol. The first-order chi connectivity index (χ1) is 29.6. The molecule has 0 aliphatic rings. The summed E-state index contributed by atoms with van der Waals surface area (Å²) in [4.78, 5) is 84.4. The molecule has 0 aliphatic heterocycles. The van der Waals surface area contributed by atoms with Gasteiger partial charge in [0.25, 0.3) is 23.6 Å². The van der Waals surface area contributed by atoms with E-state index >= 15 is 0 Å². The number of carboxylic acid groups (broad SMARTS) is 1. The molecule has 1 atom stereocenters. The van der Waals surface area contributed by atoms with E-state index in [0.29, 0.717) is 11.1 Å². The molecule has 3 aromatic carbocycles. The van der Waals surface area contributed by atoms with Gasteiger partial charge in [-0.2, -0.15) is 5.26 Å². The molecule has 0 fully saturated rings. The third kappa shape index (κ3) is 10.5. The zero-order valence-corrected chi connectivity index (χ0v) is 32.8. The fraction of sp³-hybridized carbons (Fsp3) is 0.119. The lowest BCUT2D eigenvalue weighted by Crippen LogP contribution is -2.43. The molecule has 0 aliphatic carbocycles. The van der Waals surface area contributed by atoms with Crippen LogP contribution in [0.4, 0.5) is 22.7 Å². The van der Waals surface area contributed by atoms with Gasteiger partial charge in [0.05, 0.1) is 67.4 Å². The highest BCUT2D eigenvalue weighted by molar-refractivity contribution is 6.10. The van der Waals surface area contributed by atoms with Crippen LogP contribution in [0.3, 0.4) is 0 Å². The molecular formula is C42H36N8O12. The van der Waals surface area contributed by atoms with Crippen LogP contribution < -0.4 is 36.1 Å². The molecule has 9 N–H and O–H groups in total. The van der Waals surface area contributed by atoms with E-state index in [1.54, 1.807) is 25.1 Å². The molecule has 0 spiro atoms. The van der Waals surface area contributed by atoms with Gasteiger partial charge in [0.1, 0.15) is 28.7 Å². The molecule has 62 heavy (non-hydrogen) atoms. The Morgan fingerprint density at radius 2 is 1.23 bits per heavy atom. The third-order valence-corrected chi connectivity index (χ3v) is 8.71. The summed E-state index contributed by atoms with van der Waals surface area (Å²) in [5.41, 5.74) is 0.213. The molecule has 20 nitrogen and oxygen atoms in total. The number of nitrogens with zero attached hydrogens (tertiary/aromatic N) is 3. The summed E-state index contributed by atoms with van der Waals surface area (Å²) < 4.78 is 10.3. The highest BCUT2D eigenvalue weighted by Crippen LogP contribution is 2.40. The summed E-state index contributed by atoms with van der Waals surface area (Å²) in [5.74, 6) is -7.09. The summed E-state index contributed by atoms with van der Waals surface area (Å²) in [6.45, 7) is 1.60. The van der Waals surface area contributed by atoms with Gasteiger partial charge in [-0.1, -0.05) is 12.1 Å². The van der Waals surface area contributed by atoms with Crippen molar-refractivity contribution in [3.05, 3.63) is 119 Å². The van der Waals surface area contributed by atoms with Crippen LogP contribution in [-0.2, 0) is 9.59 Å². The number of aromatic carboxylic acids is 1. The van der Waals surface area contributed by atoms with Crippen LogP contribution in [-0.4, -0.2) is 86.2 Å². The Morgan fingerprint density at radius 1 is 0.694 bits per heavy atom. The van der Waals surface area contributed by atoms with Crippen LogP contribution in [0.15, 0.2) is 90.8 Å². The Kier molecular flexibility index (Phi) is 14.0. The van der Waals surface area contributed by atoms with Crippen molar-refractivity contribution >= 4 is 64.3 Å². The average molecular weight is 845 g/mol. The summed E-state index contributed by atoms with van der Waals surface area (Å²) in [7, 11) is 2.32. The van der Waals surface area contributed by atoms with Gasteiger partial charge in [0.15, 0.2) is 23.0 Å². The number of hydrogen-bond acceptors (Lipinski definition) is 14. The molecule has 316 valence electrons. The number of anilines is 4. The zero-order chi connectivity index (χ0) is 45.1. The number of nitriles is 1.